The summed E-state index contributed by atoms with van der Waals surface area (Å²) >= 11 is 0. The molecule has 1 amide bonds. The van der Waals surface area contributed by atoms with Crippen molar-refractivity contribution in [1.82, 2.24) is 9.97 Å². The van der Waals surface area contributed by atoms with Crippen LogP contribution in [0, 0.1) is 17.1 Å². The Balaban J connectivity index is 1.72. The zero-order chi connectivity index (χ0) is 23.2. The highest BCUT2D eigenvalue weighted by Crippen LogP contribution is 2.32. The monoisotopic (exact) mass is 441 g/mol. The van der Waals surface area contributed by atoms with Gasteiger partial charge in [-0.15, -0.1) is 0 Å². The third-order valence-electron chi connectivity index (χ3n) is 5.14. The Morgan fingerprint density at radius 2 is 2.03 bits per heavy atom. The second-order valence-corrected chi connectivity index (χ2v) is 7.30. The average molecular weight is 441 g/mol. The number of benzene rings is 2. The first-order valence-corrected chi connectivity index (χ1v) is 10.2. The molecule has 2 aromatic heterocycles. The number of aromatic nitrogens is 2. The number of carbonyl (C=O) groups excluding carboxylic acids is 1. The number of amides is 1. The summed E-state index contributed by atoms with van der Waals surface area (Å²) in [4.78, 5) is 21.1. The van der Waals surface area contributed by atoms with Crippen LogP contribution in [0.4, 0.5) is 10.2 Å². The maximum absolute atomic E-state index is 13.5. The molecule has 0 saturated carbocycles. The number of rotatable bonds is 8. The van der Waals surface area contributed by atoms with Gasteiger partial charge in [0.1, 0.15) is 23.8 Å². The molecule has 0 aliphatic heterocycles. The van der Waals surface area contributed by atoms with Gasteiger partial charge in [-0.25, -0.2) is 14.4 Å². The van der Waals surface area contributed by atoms with E-state index in [0.29, 0.717) is 41.2 Å². The minimum absolute atomic E-state index is 0.155. The number of pyridine rings is 1. The van der Waals surface area contributed by atoms with Gasteiger partial charge in [-0.1, -0.05) is 36.4 Å². The molecule has 2 heterocycles. The van der Waals surface area contributed by atoms with Crippen molar-refractivity contribution in [3.05, 3.63) is 102 Å². The number of nitrogens with two attached hydrogens (primary N) is 1. The van der Waals surface area contributed by atoms with Crippen LogP contribution in [0.5, 0.6) is 0 Å². The summed E-state index contributed by atoms with van der Waals surface area (Å²) in [6, 6.07) is 19.1. The van der Waals surface area contributed by atoms with Gasteiger partial charge in [0.25, 0.3) is 0 Å². The molecular weight excluding hydrogens is 421 g/mol. The van der Waals surface area contributed by atoms with Crippen LogP contribution >= 0.6 is 0 Å². The van der Waals surface area contributed by atoms with Crippen LogP contribution in [-0.2, 0) is 11.2 Å². The molecule has 0 bridgehead atoms. The van der Waals surface area contributed by atoms with Gasteiger partial charge in [0.15, 0.2) is 0 Å². The number of carbonyl (C=O) groups is 1. The van der Waals surface area contributed by atoms with E-state index in [4.69, 9.17) is 15.1 Å². The van der Waals surface area contributed by atoms with Crippen LogP contribution < -0.4 is 11.1 Å². The van der Waals surface area contributed by atoms with E-state index in [9.17, 15) is 14.4 Å². The van der Waals surface area contributed by atoms with Crippen LogP contribution in [0.1, 0.15) is 28.5 Å². The van der Waals surface area contributed by atoms with Gasteiger partial charge in [0, 0.05) is 17.7 Å². The molecule has 0 aliphatic rings. The second kappa shape index (κ2) is 9.75. The molecule has 8 heteroatoms. The summed E-state index contributed by atoms with van der Waals surface area (Å²) in [6.07, 6.45) is 3.33. The number of oxazole rings is 1. The third-order valence-corrected chi connectivity index (χ3v) is 5.14. The first-order chi connectivity index (χ1) is 16.1. The second-order valence-electron chi connectivity index (χ2n) is 7.30. The average Bonchev–Trinajstić information content (AvgIpc) is 3.34. The van der Waals surface area contributed by atoms with Crippen molar-refractivity contribution in [2.75, 3.05) is 11.9 Å². The summed E-state index contributed by atoms with van der Waals surface area (Å²) in [7, 11) is 0. The maximum Gasteiger partial charge on any atom is 0.234 e. The molecule has 4 aromatic rings. The van der Waals surface area contributed by atoms with Gasteiger partial charge in [-0.2, -0.15) is 5.26 Å². The molecule has 0 spiro atoms. The van der Waals surface area contributed by atoms with Crippen molar-refractivity contribution in [1.29, 1.82) is 5.26 Å². The fourth-order valence-electron chi connectivity index (χ4n) is 3.60. The van der Waals surface area contributed by atoms with E-state index < -0.39 is 11.8 Å². The Bertz CT molecular complexity index is 1310. The van der Waals surface area contributed by atoms with E-state index in [1.165, 1.54) is 24.6 Å². The van der Waals surface area contributed by atoms with E-state index in [1.807, 2.05) is 12.1 Å². The quantitative estimate of drug-likeness (QED) is 0.426. The molecule has 0 fully saturated rings. The fourth-order valence-corrected chi connectivity index (χ4v) is 3.60. The molecule has 7 nitrogen and oxygen atoms in total. The Morgan fingerprint density at radius 3 is 2.76 bits per heavy atom. The molecule has 2 aromatic carbocycles. The van der Waals surface area contributed by atoms with Gasteiger partial charge in [0.2, 0.25) is 11.8 Å². The standard InChI is InChI=1S/C25H20FN5O2/c26-18-6-3-4-16(14-18)10-11-29-24-20(22(23(28)32)25-30-12-13-33-25)8-9-21(31-24)19-7-2-1-5-17(19)15-27/h1-9,12-14,22H,10-11H2,(H2,28,32)(H,29,31). The smallest absolute Gasteiger partial charge is 0.234 e. The first-order valence-electron chi connectivity index (χ1n) is 10.2. The number of nitrogens with zero attached hydrogens (tertiary/aromatic N) is 3. The van der Waals surface area contributed by atoms with Crippen LogP contribution in [0.3, 0.4) is 0 Å². The van der Waals surface area contributed by atoms with Crippen molar-refractivity contribution >= 4 is 11.7 Å². The van der Waals surface area contributed by atoms with Gasteiger partial charge >= 0.3 is 0 Å². The minimum Gasteiger partial charge on any atom is -0.448 e. The normalized spacial score (nSPS) is 11.5. The fraction of sp³-hybridized carbons (Fsp3) is 0.120. The van der Waals surface area contributed by atoms with Crippen LogP contribution in [0.2, 0.25) is 0 Å². The lowest BCUT2D eigenvalue weighted by Gasteiger charge is -2.17. The van der Waals surface area contributed by atoms with Gasteiger partial charge in [0.05, 0.1) is 23.5 Å². The highest BCUT2D eigenvalue weighted by molar-refractivity contribution is 5.86. The molecule has 0 aliphatic carbocycles. The van der Waals surface area contributed by atoms with E-state index >= 15 is 0 Å². The summed E-state index contributed by atoms with van der Waals surface area (Å²) in [5.74, 6) is -1.34. The molecule has 0 saturated heterocycles. The Hall–Kier alpha value is -4.51. The summed E-state index contributed by atoms with van der Waals surface area (Å²) in [5, 5.41) is 12.7. The number of hydrogen-bond donors (Lipinski definition) is 2. The number of nitrogens with one attached hydrogen (secondary N) is 1. The van der Waals surface area contributed by atoms with E-state index in [-0.39, 0.29) is 11.7 Å². The molecule has 164 valence electrons. The zero-order valence-electron chi connectivity index (χ0n) is 17.5. The molecule has 33 heavy (non-hydrogen) atoms. The Labute approximate surface area is 189 Å². The highest BCUT2D eigenvalue weighted by atomic mass is 19.1. The zero-order valence-corrected chi connectivity index (χ0v) is 17.5. The lowest BCUT2D eigenvalue weighted by molar-refractivity contribution is -0.118. The summed E-state index contributed by atoms with van der Waals surface area (Å²) in [5.41, 5.74) is 8.67. The predicted molar refractivity (Wildman–Crippen MR) is 121 cm³/mol. The van der Waals surface area contributed by atoms with Crippen LogP contribution in [0.15, 0.2) is 77.5 Å². The van der Waals surface area contributed by atoms with Crippen molar-refractivity contribution < 1.29 is 13.6 Å². The number of nitriles is 1. The van der Waals surface area contributed by atoms with Crippen molar-refractivity contribution in [2.24, 2.45) is 5.73 Å². The molecule has 4 rings (SSSR count). The van der Waals surface area contributed by atoms with Gasteiger partial charge in [-0.05, 0) is 36.2 Å². The molecular formula is C25H20FN5O2. The number of anilines is 1. The number of halogens is 1. The summed E-state index contributed by atoms with van der Waals surface area (Å²) in [6.45, 7) is 0.421. The van der Waals surface area contributed by atoms with Crippen LogP contribution in [-0.4, -0.2) is 22.4 Å². The highest BCUT2D eigenvalue weighted by Gasteiger charge is 2.28. The Morgan fingerprint density at radius 1 is 1.18 bits per heavy atom. The van der Waals surface area contributed by atoms with E-state index in [2.05, 4.69) is 16.4 Å². The van der Waals surface area contributed by atoms with Crippen molar-refractivity contribution in [3.8, 4) is 17.3 Å². The summed E-state index contributed by atoms with van der Waals surface area (Å²) < 4.78 is 18.9. The lowest BCUT2D eigenvalue weighted by Crippen LogP contribution is -2.24. The third kappa shape index (κ3) is 4.88. The van der Waals surface area contributed by atoms with E-state index in [0.717, 1.165) is 5.56 Å². The number of hydrogen-bond acceptors (Lipinski definition) is 6. The van der Waals surface area contributed by atoms with Crippen molar-refractivity contribution in [3.63, 3.8) is 0 Å². The van der Waals surface area contributed by atoms with Gasteiger partial charge < -0.3 is 15.5 Å². The minimum atomic E-state index is -0.954. The lowest BCUT2D eigenvalue weighted by atomic mass is 9.96. The maximum atomic E-state index is 13.5. The predicted octanol–water partition coefficient (Wildman–Crippen LogP) is 4.02. The van der Waals surface area contributed by atoms with E-state index in [1.54, 1.807) is 36.4 Å². The molecule has 1 atom stereocenters. The first kappa shape index (κ1) is 21.7. The Kier molecular flexibility index (Phi) is 6.41. The molecule has 1 unspecified atom stereocenters. The SMILES string of the molecule is N#Cc1ccccc1-c1ccc(C(C(N)=O)c2ncco2)c(NCCc2cccc(F)c2)n1. The molecule has 0 radical (unpaired) electrons. The van der Waals surface area contributed by atoms with Crippen LogP contribution in [0.25, 0.3) is 11.3 Å². The van der Waals surface area contributed by atoms with Gasteiger partial charge in [-0.3, -0.25) is 4.79 Å². The topological polar surface area (TPSA) is 118 Å². The van der Waals surface area contributed by atoms with Crippen molar-refractivity contribution in [2.45, 2.75) is 12.3 Å². The molecule has 3 N–H and O–H groups in total. The largest absolute Gasteiger partial charge is 0.448 e. The number of primary amides is 1.